The molecule has 3 aromatic carbocycles. The van der Waals surface area contributed by atoms with Gasteiger partial charge in [-0.2, -0.15) is 0 Å². The summed E-state index contributed by atoms with van der Waals surface area (Å²) in [6.45, 7) is 9.38. The van der Waals surface area contributed by atoms with Gasteiger partial charge in [-0.1, -0.05) is 42.0 Å². The Labute approximate surface area is 263 Å². The molecule has 0 bridgehead atoms. The monoisotopic (exact) mass is 599 g/mol. The number of aromatic nitrogens is 1. The first-order chi connectivity index (χ1) is 21.8. The molecule has 2 amide bonds. The van der Waals surface area contributed by atoms with Gasteiger partial charge in [-0.25, -0.2) is 9.98 Å². The van der Waals surface area contributed by atoms with Gasteiger partial charge in [-0.05, 0) is 87.2 Å². The SMILES string of the molecule is Cc1ccc(C2=Nc3ccccc3N(C(=O)c3ccc(NC(=O)c4cc(C)cnc4N4CC5(CCOCC5)C4)cc3)[C@H]2C)cc1. The first kappa shape index (κ1) is 28.9. The molecule has 1 aromatic heterocycles. The molecule has 1 N–H and O–H groups in total. The lowest BCUT2D eigenvalue weighted by Gasteiger charge is -2.53. The van der Waals surface area contributed by atoms with Gasteiger partial charge in [0.15, 0.2) is 0 Å². The van der Waals surface area contributed by atoms with Crippen molar-refractivity contribution >= 4 is 40.4 Å². The van der Waals surface area contributed by atoms with Crippen LogP contribution in [0, 0.1) is 19.3 Å². The molecule has 4 aromatic rings. The number of carbonyl (C=O) groups excluding carboxylic acids is 2. The molecule has 7 rings (SSSR count). The van der Waals surface area contributed by atoms with E-state index in [0.29, 0.717) is 22.6 Å². The number of carbonyl (C=O) groups is 2. The Balaban J connectivity index is 1.09. The van der Waals surface area contributed by atoms with Gasteiger partial charge in [0.1, 0.15) is 5.82 Å². The summed E-state index contributed by atoms with van der Waals surface area (Å²) in [7, 11) is 0. The van der Waals surface area contributed by atoms with E-state index in [1.807, 2.05) is 55.3 Å². The summed E-state index contributed by atoms with van der Waals surface area (Å²) in [5.74, 6) is 0.369. The van der Waals surface area contributed by atoms with Crippen molar-refractivity contribution in [1.29, 1.82) is 0 Å². The Morgan fingerprint density at radius 1 is 0.911 bits per heavy atom. The van der Waals surface area contributed by atoms with E-state index in [9.17, 15) is 9.59 Å². The summed E-state index contributed by atoms with van der Waals surface area (Å²) in [6, 6.07) is 24.7. The van der Waals surface area contributed by atoms with Crippen LogP contribution in [0.5, 0.6) is 0 Å². The number of aryl methyl sites for hydroxylation is 2. The third kappa shape index (κ3) is 5.51. The smallest absolute Gasteiger partial charge is 0.259 e. The third-order valence-electron chi connectivity index (χ3n) is 9.27. The van der Waals surface area contributed by atoms with Gasteiger partial charge in [-0.3, -0.25) is 14.5 Å². The standard InChI is InChI=1S/C37H37N5O3/c1-24-8-10-27(11-9-24)33-26(3)42(32-7-5-4-6-31(32)40-33)36(44)28-12-14-29(15-13-28)39-35(43)30-20-25(2)21-38-34(30)41-22-37(23-41)16-18-45-19-17-37/h4-15,20-21,26H,16-19,22-23H2,1-3H3,(H,39,43)/t26-/m0/s1. The fourth-order valence-corrected chi connectivity index (χ4v) is 6.68. The number of pyridine rings is 1. The molecule has 0 saturated carbocycles. The molecule has 45 heavy (non-hydrogen) atoms. The lowest BCUT2D eigenvalue weighted by molar-refractivity contribution is -0.000509. The number of fused-ring (bicyclic) bond motifs is 1. The van der Waals surface area contributed by atoms with Crippen molar-refractivity contribution < 1.29 is 14.3 Å². The highest BCUT2D eigenvalue weighted by atomic mass is 16.5. The number of aliphatic imine (C=N–C) groups is 1. The van der Waals surface area contributed by atoms with Crippen molar-refractivity contribution in [2.75, 3.05) is 41.4 Å². The summed E-state index contributed by atoms with van der Waals surface area (Å²) in [5.41, 5.74) is 7.43. The Kier molecular flexibility index (Phi) is 7.45. The Hall–Kier alpha value is -4.82. The highest BCUT2D eigenvalue weighted by Gasteiger charge is 2.45. The zero-order valence-electron chi connectivity index (χ0n) is 25.9. The minimum absolute atomic E-state index is 0.127. The minimum atomic E-state index is -0.275. The van der Waals surface area contributed by atoms with Crippen molar-refractivity contribution in [2.45, 2.75) is 39.7 Å². The molecule has 2 fully saturated rings. The van der Waals surface area contributed by atoms with E-state index in [4.69, 9.17) is 9.73 Å². The number of nitrogens with one attached hydrogen (secondary N) is 1. The van der Waals surface area contributed by atoms with Crippen molar-refractivity contribution in [3.8, 4) is 0 Å². The van der Waals surface area contributed by atoms with E-state index in [-0.39, 0.29) is 23.3 Å². The largest absolute Gasteiger partial charge is 0.381 e. The van der Waals surface area contributed by atoms with Crippen molar-refractivity contribution in [3.05, 3.63) is 113 Å². The maximum atomic E-state index is 14.0. The van der Waals surface area contributed by atoms with Crippen LogP contribution in [0.4, 0.5) is 22.9 Å². The fraction of sp³-hybridized carbons (Fsp3) is 0.297. The van der Waals surface area contributed by atoms with Crippen LogP contribution in [0.25, 0.3) is 0 Å². The van der Waals surface area contributed by atoms with Crippen LogP contribution in [-0.4, -0.2) is 54.9 Å². The molecule has 3 aliphatic rings. The van der Waals surface area contributed by atoms with Crippen LogP contribution in [0.15, 0.2) is 90.1 Å². The molecule has 3 aliphatic heterocycles. The topological polar surface area (TPSA) is 87.1 Å². The predicted molar refractivity (Wildman–Crippen MR) is 178 cm³/mol. The summed E-state index contributed by atoms with van der Waals surface area (Å²) in [6.07, 6.45) is 3.91. The minimum Gasteiger partial charge on any atom is -0.381 e. The zero-order chi connectivity index (χ0) is 31.1. The van der Waals surface area contributed by atoms with Gasteiger partial charge in [0.05, 0.1) is 28.7 Å². The maximum Gasteiger partial charge on any atom is 0.259 e. The second-order valence-electron chi connectivity index (χ2n) is 12.6. The van der Waals surface area contributed by atoms with Gasteiger partial charge >= 0.3 is 0 Å². The third-order valence-corrected chi connectivity index (χ3v) is 9.27. The molecule has 2 saturated heterocycles. The van der Waals surface area contributed by atoms with E-state index < -0.39 is 0 Å². The molecule has 0 aliphatic carbocycles. The highest BCUT2D eigenvalue weighted by molar-refractivity contribution is 6.18. The normalized spacial score (nSPS) is 18.6. The molecule has 1 spiro atoms. The van der Waals surface area contributed by atoms with Crippen molar-refractivity contribution in [1.82, 2.24) is 4.98 Å². The molecule has 4 heterocycles. The van der Waals surface area contributed by atoms with Gasteiger partial charge in [0.2, 0.25) is 0 Å². The second kappa shape index (κ2) is 11.6. The number of hydrogen-bond acceptors (Lipinski definition) is 6. The number of anilines is 3. The summed E-state index contributed by atoms with van der Waals surface area (Å²) in [5, 5.41) is 3.03. The first-order valence-electron chi connectivity index (χ1n) is 15.6. The summed E-state index contributed by atoms with van der Waals surface area (Å²) < 4.78 is 5.56. The molecule has 1 atom stereocenters. The number of rotatable bonds is 5. The zero-order valence-corrected chi connectivity index (χ0v) is 25.9. The number of benzene rings is 3. The van der Waals surface area contributed by atoms with E-state index >= 15 is 0 Å². The van der Waals surface area contributed by atoms with Crippen LogP contribution in [0.3, 0.4) is 0 Å². The van der Waals surface area contributed by atoms with Crippen LogP contribution < -0.4 is 15.1 Å². The molecular formula is C37H37N5O3. The lowest BCUT2D eigenvalue weighted by Crippen LogP contribution is -2.59. The van der Waals surface area contributed by atoms with E-state index in [2.05, 4.69) is 46.4 Å². The van der Waals surface area contributed by atoms with E-state index in [1.165, 1.54) is 5.56 Å². The highest BCUT2D eigenvalue weighted by Crippen LogP contribution is 2.42. The molecular weight excluding hydrogens is 562 g/mol. The van der Waals surface area contributed by atoms with Crippen LogP contribution in [-0.2, 0) is 4.74 Å². The van der Waals surface area contributed by atoms with E-state index in [0.717, 1.165) is 67.4 Å². The van der Waals surface area contributed by atoms with Crippen molar-refractivity contribution in [2.24, 2.45) is 10.4 Å². The summed E-state index contributed by atoms with van der Waals surface area (Å²) in [4.78, 5) is 41.2. The number of ether oxygens (including phenoxy) is 1. The number of hydrogen-bond donors (Lipinski definition) is 1. The Morgan fingerprint density at radius 2 is 1.62 bits per heavy atom. The van der Waals surface area contributed by atoms with Gasteiger partial charge in [0, 0.05) is 49.2 Å². The fourth-order valence-electron chi connectivity index (χ4n) is 6.68. The van der Waals surface area contributed by atoms with Gasteiger partial charge in [0.25, 0.3) is 11.8 Å². The Morgan fingerprint density at radius 3 is 2.36 bits per heavy atom. The van der Waals surface area contributed by atoms with Crippen molar-refractivity contribution in [3.63, 3.8) is 0 Å². The van der Waals surface area contributed by atoms with Crippen LogP contribution in [0.1, 0.15) is 57.2 Å². The van der Waals surface area contributed by atoms with Crippen LogP contribution >= 0.6 is 0 Å². The first-order valence-corrected chi connectivity index (χ1v) is 15.6. The number of para-hydroxylation sites is 2. The van der Waals surface area contributed by atoms with Gasteiger partial charge in [-0.15, -0.1) is 0 Å². The second-order valence-corrected chi connectivity index (χ2v) is 12.6. The van der Waals surface area contributed by atoms with Crippen LogP contribution in [0.2, 0.25) is 0 Å². The summed E-state index contributed by atoms with van der Waals surface area (Å²) >= 11 is 0. The predicted octanol–water partition coefficient (Wildman–Crippen LogP) is 6.74. The average molecular weight is 600 g/mol. The van der Waals surface area contributed by atoms with E-state index in [1.54, 1.807) is 24.3 Å². The molecule has 0 radical (unpaired) electrons. The quantitative estimate of drug-likeness (QED) is 0.275. The Bertz CT molecular complexity index is 1780. The van der Waals surface area contributed by atoms with Gasteiger partial charge < -0.3 is 15.0 Å². The molecule has 8 heteroatoms. The molecule has 228 valence electrons. The average Bonchev–Trinajstić information content (AvgIpc) is 3.04. The molecule has 0 unspecified atom stereocenters. The molecule has 8 nitrogen and oxygen atoms in total. The lowest BCUT2D eigenvalue weighted by atomic mass is 9.73. The maximum absolute atomic E-state index is 14.0. The number of nitrogens with zero attached hydrogens (tertiary/aromatic N) is 4. The number of amides is 2.